The zero-order valence-electron chi connectivity index (χ0n) is 11.9. The van der Waals surface area contributed by atoms with Gasteiger partial charge in [0.25, 0.3) is 0 Å². The van der Waals surface area contributed by atoms with E-state index in [1.807, 2.05) is 0 Å². The number of rotatable bonds is 4. The molecule has 2 atom stereocenters. The number of ether oxygens (including phenoxy) is 1. The number of tetrazole rings is 1. The molecule has 2 heterocycles. The minimum atomic E-state index is -0.788. The van der Waals surface area contributed by atoms with Crippen LogP contribution in [0.15, 0.2) is 0 Å². The quantitative estimate of drug-likeness (QED) is 0.892. The van der Waals surface area contributed by atoms with Crippen molar-refractivity contribution in [3.8, 4) is 0 Å². The molecular weight excluding hydrogens is 272 g/mol. The Morgan fingerprint density at radius 2 is 2.00 bits per heavy atom. The molecule has 0 bridgehead atoms. The lowest BCUT2D eigenvalue weighted by molar-refractivity contribution is -0.156. The highest BCUT2D eigenvalue weighted by atomic mass is 16.5. The summed E-state index contributed by atoms with van der Waals surface area (Å²) in [4.78, 5) is 11.8. The van der Waals surface area contributed by atoms with Crippen LogP contribution in [0.3, 0.4) is 0 Å². The molecule has 0 spiro atoms. The third kappa shape index (κ3) is 2.23. The largest absolute Gasteiger partial charge is 0.481 e. The lowest BCUT2D eigenvalue weighted by Crippen LogP contribution is -2.41. The van der Waals surface area contributed by atoms with Crippen molar-refractivity contribution in [2.24, 2.45) is 17.3 Å². The van der Waals surface area contributed by atoms with Crippen molar-refractivity contribution in [2.75, 3.05) is 13.2 Å². The van der Waals surface area contributed by atoms with Crippen LogP contribution in [-0.2, 0) is 16.1 Å². The number of carboxylic acid groups (broad SMARTS) is 1. The van der Waals surface area contributed by atoms with E-state index < -0.39 is 11.4 Å². The van der Waals surface area contributed by atoms with Gasteiger partial charge in [0.1, 0.15) is 0 Å². The minimum absolute atomic E-state index is 0.361. The van der Waals surface area contributed by atoms with E-state index >= 15 is 0 Å². The van der Waals surface area contributed by atoms with Gasteiger partial charge in [0.2, 0.25) is 0 Å². The average Bonchev–Trinajstić information content (AvgIpc) is 2.88. The van der Waals surface area contributed by atoms with Crippen LogP contribution in [0.5, 0.6) is 0 Å². The van der Waals surface area contributed by atoms with Crippen molar-refractivity contribution in [1.82, 2.24) is 20.2 Å². The maximum Gasteiger partial charge on any atom is 0.311 e. The molecule has 2 unspecified atom stereocenters. The summed E-state index contributed by atoms with van der Waals surface area (Å²) in [6.45, 7) is 1.36. The first-order chi connectivity index (χ1) is 10.2. The van der Waals surface area contributed by atoms with Crippen molar-refractivity contribution >= 4 is 5.97 Å². The maximum atomic E-state index is 11.8. The molecule has 7 nitrogen and oxygen atoms in total. The van der Waals surface area contributed by atoms with Crippen LogP contribution in [0, 0.1) is 17.3 Å². The molecule has 0 radical (unpaired) electrons. The molecule has 114 valence electrons. The molecule has 3 fully saturated rings. The fraction of sp³-hybridized carbons (Fsp3) is 0.857. The van der Waals surface area contributed by atoms with Gasteiger partial charge in [0, 0.05) is 19.1 Å². The van der Waals surface area contributed by atoms with Gasteiger partial charge in [-0.15, -0.1) is 5.10 Å². The molecule has 0 amide bonds. The summed E-state index contributed by atoms with van der Waals surface area (Å²) in [5, 5.41) is 21.7. The Bertz CT molecular complexity index is 542. The molecule has 1 aromatic rings. The predicted octanol–water partition coefficient (Wildman–Crippen LogP) is 1.07. The number of aromatic nitrogens is 4. The zero-order valence-corrected chi connectivity index (χ0v) is 11.9. The molecule has 3 aliphatic rings. The van der Waals surface area contributed by atoms with Crippen molar-refractivity contribution in [3.05, 3.63) is 5.82 Å². The normalized spacial score (nSPS) is 33.6. The fourth-order valence-electron chi connectivity index (χ4n) is 4.03. The molecule has 2 aliphatic carbocycles. The van der Waals surface area contributed by atoms with Crippen molar-refractivity contribution in [1.29, 1.82) is 0 Å². The van der Waals surface area contributed by atoms with E-state index in [1.165, 1.54) is 6.42 Å². The first kappa shape index (κ1) is 13.2. The number of hydrogen-bond donors (Lipinski definition) is 1. The maximum absolute atomic E-state index is 11.8. The van der Waals surface area contributed by atoms with E-state index in [9.17, 15) is 9.90 Å². The SMILES string of the molecule is O=C(O)C1(Cn2nnnc2C2CC3CC3C2)CCOCC1. The van der Waals surface area contributed by atoms with Gasteiger partial charge in [-0.3, -0.25) is 4.79 Å². The molecule has 4 rings (SSSR count). The third-order valence-corrected chi connectivity index (χ3v) is 5.52. The summed E-state index contributed by atoms with van der Waals surface area (Å²) in [5.74, 6) is 2.25. The highest BCUT2D eigenvalue weighted by Crippen LogP contribution is 2.57. The Morgan fingerprint density at radius 3 is 2.67 bits per heavy atom. The van der Waals surface area contributed by atoms with Crippen molar-refractivity contribution in [3.63, 3.8) is 0 Å². The fourth-order valence-corrected chi connectivity index (χ4v) is 4.03. The second-order valence-corrected chi connectivity index (χ2v) is 6.82. The van der Waals surface area contributed by atoms with Gasteiger partial charge in [0.15, 0.2) is 5.82 Å². The highest BCUT2D eigenvalue weighted by molar-refractivity contribution is 5.74. The Hall–Kier alpha value is -1.50. The number of hydrogen-bond acceptors (Lipinski definition) is 5. The van der Waals surface area contributed by atoms with Crippen LogP contribution in [0.2, 0.25) is 0 Å². The van der Waals surface area contributed by atoms with E-state index in [0.717, 1.165) is 30.5 Å². The molecule has 7 heteroatoms. The molecule has 1 N–H and O–H groups in total. The monoisotopic (exact) mass is 292 g/mol. The molecule has 0 aromatic carbocycles. The van der Waals surface area contributed by atoms with E-state index in [-0.39, 0.29) is 0 Å². The van der Waals surface area contributed by atoms with E-state index in [0.29, 0.717) is 38.5 Å². The summed E-state index contributed by atoms with van der Waals surface area (Å²) in [6.07, 6.45) is 4.73. The lowest BCUT2D eigenvalue weighted by atomic mass is 9.80. The van der Waals surface area contributed by atoms with Crippen LogP contribution in [0.1, 0.15) is 43.8 Å². The second-order valence-electron chi connectivity index (χ2n) is 6.82. The minimum Gasteiger partial charge on any atom is -0.481 e. The highest BCUT2D eigenvalue weighted by Gasteiger charge is 2.48. The summed E-state index contributed by atoms with van der Waals surface area (Å²) in [7, 11) is 0. The second kappa shape index (κ2) is 4.76. The van der Waals surface area contributed by atoms with Gasteiger partial charge in [-0.2, -0.15) is 0 Å². The number of carbonyl (C=O) groups is 1. The number of aliphatic carboxylic acids is 1. The van der Waals surface area contributed by atoms with Crippen LogP contribution < -0.4 is 0 Å². The molecule has 1 aromatic heterocycles. The van der Waals surface area contributed by atoms with Gasteiger partial charge in [-0.25, -0.2) is 4.68 Å². The van der Waals surface area contributed by atoms with Crippen LogP contribution >= 0.6 is 0 Å². The van der Waals surface area contributed by atoms with Gasteiger partial charge in [-0.05, 0) is 54.4 Å². The van der Waals surface area contributed by atoms with Gasteiger partial charge in [-0.1, -0.05) is 0 Å². The summed E-state index contributed by atoms with van der Waals surface area (Å²) >= 11 is 0. The molecule has 21 heavy (non-hydrogen) atoms. The Balaban J connectivity index is 1.56. The van der Waals surface area contributed by atoms with Crippen LogP contribution in [0.25, 0.3) is 0 Å². The standard InChI is InChI=1S/C14H20N4O3/c19-13(20)14(1-3-21-4-2-14)8-18-12(15-16-17-18)11-6-9-5-10(9)7-11/h9-11H,1-8H2,(H,19,20). The lowest BCUT2D eigenvalue weighted by Gasteiger charge is -2.33. The zero-order chi connectivity index (χ0) is 14.4. The first-order valence-corrected chi connectivity index (χ1v) is 7.75. The summed E-state index contributed by atoms with van der Waals surface area (Å²) in [5.41, 5.74) is -0.788. The molecule has 1 saturated heterocycles. The van der Waals surface area contributed by atoms with Crippen molar-refractivity contribution in [2.45, 2.75) is 44.6 Å². The van der Waals surface area contributed by atoms with E-state index in [4.69, 9.17) is 4.74 Å². The average molecular weight is 292 g/mol. The third-order valence-electron chi connectivity index (χ3n) is 5.52. The van der Waals surface area contributed by atoms with Gasteiger partial charge >= 0.3 is 5.97 Å². The smallest absolute Gasteiger partial charge is 0.311 e. The topological polar surface area (TPSA) is 90.1 Å². The Morgan fingerprint density at radius 1 is 1.29 bits per heavy atom. The van der Waals surface area contributed by atoms with Crippen molar-refractivity contribution < 1.29 is 14.6 Å². The predicted molar refractivity (Wildman–Crippen MR) is 71.5 cm³/mol. The molecule has 1 aliphatic heterocycles. The number of nitrogens with zero attached hydrogens (tertiary/aromatic N) is 4. The van der Waals surface area contributed by atoms with Gasteiger partial charge < -0.3 is 9.84 Å². The summed E-state index contributed by atoms with van der Waals surface area (Å²) < 4.78 is 7.06. The Kier molecular flexibility index (Phi) is 2.99. The van der Waals surface area contributed by atoms with Crippen LogP contribution in [0.4, 0.5) is 0 Å². The number of carboxylic acids is 1. The van der Waals surface area contributed by atoms with Crippen LogP contribution in [-0.4, -0.2) is 44.5 Å². The molecule has 2 saturated carbocycles. The van der Waals surface area contributed by atoms with Gasteiger partial charge in [0.05, 0.1) is 12.0 Å². The Labute approximate surface area is 122 Å². The van der Waals surface area contributed by atoms with E-state index in [1.54, 1.807) is 4.68 Å². The summed E-state index contributed by atoms with van der Waals surface area (Å²) in [6, 6.07) is 0. The molecular formula is C14H20N4O3. The first-order valence-electron chi connectivity index (χ1n) is 7.75. The number of fused-ring (bicyclic) bond motifs is 1. The van der Waals surface area contributed by atoms with E-state index in [2.05, 4.69) is 15.5 Å².